The van der Waals surface area contributed by atoms with Gasteiger partial charge < -0.3 is 9.16 Å². The van der Waals surface area contributed by atoms with Crippen LogP contribution in [0.2, 0.25) is 5.04 Å². The fourth-order valence-corrected chi connectivity index (χ4v) is 8.05. The van der Waals surface area contributed by atoms with E-state index in [9.17, 15) is 4.79 Å². The van der Waals surface area contributed by atoms with Gasteiger partial charge in [-0.2, -0.15) is 13.5 Å². The Hall–Kier alpha value is -1.56. The molecule has 0 heterocycles. The van der Waals surface area contributed by atoms with E-state index in [1.54, 1.807) is 0 Å². The smallest absolute Gasteiger partial charge is 0.308 e. The first-order chi connectivity index (χ1) is 11.8. The molecule has 0 fully saturated rings. The molecule has 0 spiro atoms. The van der Waals surface area contributed by atoms with Crippen LogP contribution in [-0.4, -0.2) is 27.5 Å². The highest BCUT2D eigenvalue weighted by Gasteiger charge is 2.51. The molecule has 0 aliphatic heterocycles. The van der Waals surface area contributed by atoms with Crippen molar-refractivity contribution in [1.29, 1.82) is 0 Å². The van der Waals surface area contributed by atoms with Gasteiger partial charge >= 0.3 is 5.97 Å². The van der Waals surface area contributed by atoms with Gasteiger partial charge in [-0.25, -0.2) is 0 Å². The topological polar surface area (TPSA) is 35.5 Å². The molecule has 5 heteroatoms. The summed E-state index contributed by atoms with van der Waals surface area (Å²) in [6.07, 6.45) is 0.0276. The van der Waals surface area contributed by atoms with Crippen LogP contribution in [0.5, 0.6) is 0 Å². The van der Waals surface area contributed by atoms with Crippen LogP contribution in [0, 0.1) is 0 Å². The maximum absolute atomic E-state index is 11.7. The summed E-state index contributed by atoms with van der Waals surface area (Å²) in [6, 6.07) is 20.9. The fraction of sp³-hybridized carbons (Fsp3) is 0.381. The summed E-state index contributed by atoms with van der Waals surface area (Å²) in [4.78, 5) is 11.7. The molecular formula is C21H30O3SSi. The first kappa shape index (κ1) is 22.5. The van der Waals surface area contributed by atoms with Gasteiger partial charge in [-0.3, -0.25) is 4.79 Å². The van der Waals surface area contributed by atoms with Gasteiger partial charge in [0.05, 0.1) is 19.6 Å². The van der Waals surface area contributed by atoms with Crippen LogP contribution in [0.1, 0.15) is 34.1 Å². The van der Waals surface area contributed by atoms with Crippen molar-refractivity contribution in [2.24, 2.45) is 0 Å². The third kappa shape index (κ3) is 4.78. The molecule has 0 aliphatic carbocycles. The Morgan fingerprint density at radius 3 is 1.73 bits per heavy atom. The maximum atomic E-state index is 11.7. The molecule has 0 radical (unpaired) electrons. The lowest BCUT2D eigenvalue weighted by Gasteiger charge is -2.44. The second kappa shape index (κ2) is 9.40. The largest absolute Gasteiger partial charge is 0.469 e. The van der Waals surface area contributed by atoms with Crippen molar-refractivity contribution in [3.8, 4) is 0 Å². The van der Waals surface area contributed by atoms with Crippen molar-refractivity contribution in [3.05, 3.63) is 60.7 Å². The van der Waals surface area contributed by atoms with Gasteiger partial charge in [-0.05, 0) is 22.3 Å². The number of ether oxygens (including phenoxy) is 1. The van der Waals surface area contributed by atoms with Gasteiger partial charge in [0.25, 0.3) is 8.32 Å². The number of methoxy groups -OCH3 is 1. The molecule has 2 aromatic rings. The number of hydrogen-bond donors (Lipinski definition) is 0. The van der Waals surface area contributed by atoms with E-state index < -0.39 is 8.32 Å². The number of hydrogen-bond acceptors (Lipinski definition) is 3. The number of carbonyl (C=O) groups is 1. The summed E-state index contributed by atoms with van der Waals surface area (Å²) < 4.78 is 11.6. The second-order valence-electron chi connectivity index (χ2n) is 7.37. The Morgan fingerprint density at radius 1 is 0.962 bits per heavy atom. The van der Waals surface area contributed by atoms with E-state index in [1.165, 1.54) is 17.5 Å². The van der Waals surface area contributed by atoms with Gasteiger partial charge in [0, 0.05) is 0 Å². The first-order valence-corrected chi connectivity index (χ1v) is 10.6. The van der Waals surface area contributed by atoms with Crippen LogP contribution in [0.3, 0.4) is 0 Å². The highest BCUT2D eigenvalue weighted by molar-refractivity contribution is 7.59. The van der Waals surface area contributed by atoms with Crippen LogP contribution in [0.25, 0.3) is 0 Å². The molecular weight excluding hydrogens is 360 g/mol. The zero-order valence-electron chi connectivity index (χ0n) is 16.3. The lowest BCUT2D eigenvalue weighted by molar-refractivity contribution is -0.142. The summed E-state index contributed by atoms with van der Waals surface area (Å²) >= 11 is 0. The first-order valence-electron chi connectivity index (χ1n) is 8.67. The van der Waals surface area contributed by atoms with E-state index in [2.05, 4.69) is 69.3 Å². The predicted molar refractivity (Wildman–Crippen MR) is 115 cm³/mol. The average molecular weight is 391 g/mol. The molecule has 2 rings (SSSR count). The lowest BCUT2D eigenvalue weighted by Crippen LogP contribution is -2.67. The summed E-state index contributed by atoms with van der Waals surface area (Å²) in [6.45, 7) is 8.63. The molecule has 2 aromatic carbocycles. The molecule has 0 N–H and O–H groups in total. The maximum Gasteiger partial charge on any atom is 0.308 e. The molecule has 0 amide bonds. The summed E-state index contributed by atoms with van der Waals surface area (Å²) in [5.41, 5.74) is 0. The van der Waals surface area contributed by atoms with Gasteiger partial charge in [0.15, 0.2) is 0 Å². The van der Waals surface area contributed by atoms with Crippen molar-refractivity contribution < 1.29 is 14.0 Å². The normalized spacial score (nSPS) is 12.8. The lowest BCUT2D eigenvalue weighted by atomic mass is 10.2. The Bertz CT molecular complexity index is 644. The van der Waals surface area contributed by atoms with Crippen LogP contribution in [0.4, 0.5) is 0 Å². The molecule has 0 aromatic heterocycles. The van der Waals surface area contributed by atoms with Crippen molar-refractivity contribution >= 4 is 38.2 Å². The van der Waals surface area contributed by atoms with Crippen LogP contribution >= 0.6 is 13.5 Å². The van der Waals surface area contributed by atoms with E-state index in [4.69, 9.17) is 9.16 Å². The zero-order chi connectivity index (χ0) is 18.5. The molecule has 0 bridgehead atoms. The van der Waals surface area contributed by atoms with Crippen molar-refractivity contribution in [1.82, 2.24) is 0 Å². The molecule has 142 valence electrons. The van der Waals surface area contributed by atoms with E-state index >= 15 is 0 Å². The third-order valence-electron chi connectivity index (χ3n) is 4.48. The highest BCUT2D eigenvalue weighted by Crippen LogP contribution is 2.37. The number of esters is 1. The van der Waals surface area contributed by atoms with Crippen LogP contribution in [0.15, 0.2) is 60.7 Å². The van der Waals surface area contributed by atoms with Crippen molar-refractivity contribution in [3.63, 3.8) is 0 Å². The Kier molecular flexibility index (Phi) is 8.12. The molecule has 0 saturated carbocycles. The monoisotopic (exact) mass is 390 g/mol. The van der Waals surface area contributed by atoms with Gasteiger partial charge in [0.1, 0.15) is 0 Å². The van der Waals surface area contributed by atoms with Crippen LogP contribution in [-0.2, 0) is 14.0 Å². The summed E-state index contributed by atoms with van der Waals surface area (Å²) in [5.74, 6) is -0.245. The predicted octanol–water partition coefficient (Wildman–Crippen LogP) is 3.63. The van der Waals surface area contributed by atoms with E-state index in [1.807, 2.05) is 19.1 Å². The minimum Gasteiger partial charge on any atom is -0.469 e. The van der Waals surface area contributed by atoms with Crippen molar-refractivity contribution in [2.75, 3.05) is 7.11 Å². The molecule has 0 saturated heterocycles. The molecule has 1 unspecified atom stereocenters. The van der Waals surface area contributed by atoms with Crippen molar-refractivity contribution in [2.45, 2.75) is 45.3 Å². The third-order valence-corrected chi connectivity index (χ3v) is 9.64. The molecule has 0 aliphatic rings. The second-order valence-corrected chi connectivity index (χ2v) is 11.6. The van der Waals surface area contributed by atoms with E-state index in [-0.39, 0.29) is 37.0 Å². The van der Waals surface area contributed by atoms with Crippen LogP contribution < -0.4 is 10.4 Å². The standard InChI is InChI=1S/C21H28O3Si.H2S/c1-17(16-20(22)23-5)24-25(21(2,3)4,18-12-8-6-9-13-18)19-14-10-7-11-15-19;/h6-15,17H,16H2,1-5H3;1H2. The van der Waals surface area contributed by atoms with E-state index in [0.29, 0.717) is 0 Å². The Labute approximate surface area is 165 Å². The molecule has 26 heavy (non-hydrogen) atoms. The number of carbonyl (C=O) groups excluding carboxylic acids is 1. The van der Waals surface area contributed by atoms with E-state index in [0.717, 1.165) is 0 Å². The van der Waals surface area contributed by atoms with Gasteiger partial charge in [0.2, 0.25) is 0 Å². The number of rotatable bonds is 6. The van der Waals surface area contributed by atoms with Gasteiger partial charge in [-0.15, -0.1) is 0 Å². The molecule has 1 atom stereocenters. The average Bonchev–Trinajstić information content (AvgIpc) is 2.60. The highest BCUT2D eigenvalue weighted by atomic mass is 32.1. The Balaban J connectivity index is 0.00000338. The zero-order valence-corrected chi connectivity index (χ0v) is 18.3. The summed E-state index contributed by atoms with van der Waals surface area (Å²) in [5, 5.41) is 2.33. The fourth-order valence-electron chi connectivity index (χ4n) is 3.35. The minimum atomic E-state index is -2.60. The number of benzene rings is 2. The Morgan fingerprint density at radius 2 is 1.38 bits per heavy atom. The molecule has 3 nitrogen and oxygen atoms in total. The SMILES string of the molecule is COC(=O)CC(C)O[Si](c1ccccc1)(c1ccccc1)C(C)(C)C.S. The summed E-state index contributed by atoms with van der Waals surface area (Å²) in [7, 11) is -1.19. The minimum absolute atomic E-state index is 0. The quantitative estimate of drug-likeness (QED) is 0.558. The van der Waals surface area contributed by atoms with Gasteiger partial charge in [-0.1, -0.05) is 81.4 Å².